The van der Waals surface area contributed by atoms with Crippen molar-refractivity contribution in [1.29, 1.82) is 0 Å². The molecule has 0 radical (unpaired) electrons. The first-order chi connectivity index (χ1) is 10.9. The summed E-state index contributed by atoms with van der Waals surface area (Å²) >= 11 is 0. The molecule has 2 nitrogen and oxygen atoms in total. The van der Waals surface area contributed by atoms with Crippen LogP contribution in [0.4, 0.5) is 0 Å². The van der Waals surface area contributed by atoms with E-state index in [9.17, 15) is 10.2 Å². The Labute approximate surface area is 138 Å². The van der Waals surface area contributed by atoms with Gasteiger partial charge >= 0.3 is 0 Å². The molecule has 2 N–H and O–H groups in total. The molecule has 3 aliphatic carbocycles. The molecular formula is C21H26O2. The van der Waals surface area contributed by atoms with Crippen molar-refractivity contribution in [2.24, 2.45) is 23.2 Å². The van der Waals surface area contributed by atoms with Crippen LogP contribution in [0.15, 0.2) is 18.2 Å². The Balaban J connectivity index is 1.77. The quantitative estimate of drug-likeness (QED) is 0.714. The number of aromatic hydroxyl groups is 1. The second-order valence-electron chi connectivity index (χ2n) is 8.35. The number of aliphatic hydroxyl groups is 1. The molecule has 0 amide bonds. The maximum absolute atomic E-state index is 11.0. The highest BCUT2D eigenvalue weighted by atomic mass is 16.3. The van der Waals surface area contributed by atoms with E-state index >= 15 is 0 Å². The monoisotopic (exact) mass is 310 g/mol. The van der Waals surface area contributed by atoms with E-state index in [4.69, 9.17) is 6.42 Å². The van der Waals surface area contributed by atoms with Crippen LogP contribution in [0.2, 0.25) is 0 Å². The maximum Gasteiger partial charge on any atom is 0.130 e. The average molecular weight is 310 g/mol. The fourth-order valence-electron chi connectivity index (χ4n) is 6.22. The first-order valence-electron chi connectivity index (χ1n) is 8.91. The van der Waals surface area contributed by atoms with Crippen LogP contribution in [0.5, 0.6) is 5.75 Å². The summed E-state index contributed by atoms with van der Waals surface area (Å²) in [6.07, 6.45) is 10.6. The van der Waals surface area contributed by atoms with Crippen molar-refractivity contribution in [3.8, 4) is 18.1 Å². The minimum absolute atomic E-state index is 0.147. The van der Waals surface area contributed by atoms with Gasteiger partial charge in [0.05, 0.1) is 0 Å². The van der Waals surface area contributed by atoms with Gasteiger partial charge in [-0.1, -0.05) is 25.8 Å². The highest BCUT2D eigenvalue weighted by Crippen LogP contribution is 2.65. The van der Waals surface area contributed by atoms with Gasteiger partial charge in [0.1, 0.15) is 11.4 Å². The SMILES string of the molecule is C#C[C@]1(O)CC[C@H]2[C@@H]3C(C)Cc4cc(O)ccc4[C@H]3CC[C@@]21C. The summed E-state index contributed by atoms with van der Waals surface area (Å²) in [5.74, 6) is 5.32. The van der Waals surface area contributed by atoms with Gasteiger partial charge in [-0.2, -0.15) is 0 Å². The van der Waals surface area contributed by atoms with E-state index in [1.165, 1.54) is 11.1 Å². The summed E-state index contributed by atoms with van der Waals surface area (Å²) in [6, 6.07) is 5.90. The second kappa shape index (κ2) is 4.77. The van der Waals surface area contributed by atoms with E-state index in [0.29, 0.717) is 29.4 Å². The van der Waals surface area contributed by atoms with Crippen LogP contribution in [0.25, 0.3) is 0 Å². The first kappa shape index (κ1) is 15.1. The minimum Gasteiger partial charge on any atom is -0.508 e. The third-order valence-corrected chi connectivity index (χ3v) is 7.45. The molecule has 122 valence electrons. The summed E-state index contributed by atoms with van der Waals surface area (Å²) in [6.45, 7) is 4.56. The zero-order chi connectivity index (χ0) is 16.4. The Bertz CT molecular complexity index is 688. The van der Waals surface area contributed by atoms with Gasteiger partial charge in [0, 0.05) is 5.41 Å². The van der Waals surface area contributed by atoms with Crippen molar-refractivity contribution in [2.75, 3.05) is 0 Å². The van der Waals surface area contributed by atoms with Crippen LogP contribution >= 0.6 is 0 Å². The molecule has 0 saturated heterocycles. The summed E-state index contributed by atoms with van der Waals surface area (Å²) < 4.78 is 0. The molecule has 23 heavy (non-hydrogen) atoms. The predicted octanol–water partition coefficient (Wildman–Crippen LogP) is 3.86. The summed E-state index contributed by atoms with van der Waals surface area (Å²) in [5, 5.41) is 20.8. The van der Waals surface area contributed by atoms with Crippen molar-refractivity contribution in [1.82, 2.24) is 0 Å². The number of terminal acetylenes is 1. The fourth-order valence-corrected chi connectivity index (χ4v) is 6.22. The molecule has 0 heterocycles. The van der Waals surface area contributed by atoms with E-state index in [1.807, 2.05) is 12.1 Å². The van der Waals surface area contributed by atoms with Crippen LogP contribution in [-0.4, -0.2) is 15.8 Å². The molecule has 0 bridgehead atoms. The topological polar surface area (TPSA) is 40.5 Å². The first-order valence-corrected chi connectivity index (χ1v) is 8.91. The number of hydrogen-bond acceptors (Lipinski definition) is 2. The van der Waals surface area contributed by atoms with E-state index in [2.05, 4.69) is 25.8 Å². The predicted molar refractivity (Wildman–Crippen MR) is 91.1 cm³/mol. The normalized spacial score (nSPS) is 44.8. The molecular weight excluding hydrogens is 284 g/mol. The standard InChI is InChI=1S/C21H26O2/c1-4-21(23)10-8-18-19-13(2)11-14-12-15(22)5-6-16(14)17(19)7-9-20(18,21)3/h1,5-6,12-13,17-19,22-23H,7-11H2,2-3H3/t13?,17-,18+,19-,20+,21+/m1/s1. The molecule has 2 heteroatoms. The molecule has 6 atom stereocenters. The minimum atomic E-state index is -0.933. The van der Waals surface area contributed by atoms with Gasteiger partial charge in [0.15, 0.2) is 0 Å². The van der Waals surface area contributed by atoms with Gasteiger partial charge in [-0.05, 0) is 79.0 Å². The van der Waals surface area contributed by atoms with E-state index in [1.54, 1.807) is 0 Å². The van der Waals surface area contributed by atoms with Crippen LogP contribution in [0, 0.1) is 35.5 Å². The van der Waals surface area contributed by atoms with Crippen LogP contribution < -0.4 is 0 Å². The zero-order valence-corrected chi connectivity index (χ0v) is 14.0. The molecule has 2 fully saturated rings. The highest BCUT2D eigenvalue weighted by Gasteiger charge is 2.62. The smallest absolute Gasteiger partial charge is 0.130 e. The molecule has 1 aromatic rings. The molecule has 0 aromatic heterocycles. The fraction of sp³-hybridized carbons (Fsp3) is 0.619. The molecule has 4 rings (SSSR count). The molecule has 0 spiro atoms. The number of rotatable bonds is 0. The number of fused-ring (bicyclic) bond motifs is 5. The number of benzene rings is 1. The number of phenolic OH excluding ortho intramolecular Hbond substituents is 1. The third-order valence-electron chi connectivity index (χ3n) is 7.45. The zero-order valence-electron chi connectivity index (χ0n) is 14.0. The Hall–Kier alpha value is -1.46. The summed E-state index contributed by atoms with van der Waals surface area (Å²) in [7, 11) is 0. The van der Waals surface area contributed by atoms with Gasteiger partial charge in [0.2, 0.25) is 0 Å². The van der Waals surface area contributed by atoms with E-state index in [-0.39, 0.29) is 5.41 Å². The molecule has 2 saturated carbocycles. The average Bonchev–Trinajstić information content (AvgIpc) is 2.79. The third kappa shape index (κ3) is 1.86. The molecule has 0 aliphatic heterocycles. The Morgan fingerprint density at radius 3 is 2.78 bits per heavy atom. The van der Waals surface area contributed by atoms with Crippen molar-refractivity contribution < 1.29 is 10.2 Å². The van der Waals surface area contributed by atoms with Crippen LogP contribution in [0.3, 0.4) is 0 Å². The van der Waals surface area contributed by atoms with E-state index in [0.717, 1.165) is 32.1 Å². The summed E-state index contributed by atoms with van der Waals surface area (Å²) in [4.78, 5) is 0. The molecule has 3 aliphatic rings. The molecule has 1 aromatic carbocycles. The van der Waals surface area contributed by atoms with Gasteiger partial charge in [-0.3, -0.25) is 0 Å². The lowest BCUT2D eigenvalue weighted by Gasteiger charge is -2.54. The van der Waals surface area contributed by atoms with Crippen molar-refractivity contribution in [3.05, 3.63) is 29.3 Å². The Morgan fingerprint density at radius 2 is 2.04 bits per heavy atom. The van der Waals surface area contributed by atoms with Crippen molar-refractivity contribution in [2.45, 2.75) is 57.5 Å². The van der Waals surface area contributed by atoms with Crippen LogP contribution in [0.1, 0.15) is 56.6 Å². The number of phenols is 1. The second-order valence-corrected chi connectivity index (χ2v) is 8.35. The van der Waals surface area contributed by atoms with Crippen molar-refractivity contribution in [3.63, 3.8) is 0 Å². The number of hydrogen-bond donors (Lipinski definition) is 2. The Kier molecular flexibility index (Phi) is 3.13. The van der Waals surface area contributed by atoms with Gasteiger partial charge in [-0.15, -0.1) is 6.42 Å². The largest absolute Gasteiger partial charge is 0.508 e. The van der Waals surface area contributed by atoms with Gasteiger partial charge < -0.3 is 10.2 Å². The van der Waals surface area contributed by atoms with Gasteiger partial charge in [-0.25, -0.2) is 0 Å². The summed E-state index contributed by atoms with van der Waals surface area (Å²) in [5.41, 5.74) is 1.65. The van der Waals surface area contributed by atoms with Crippen LogP contribution in [-0.2, 0) is 6.42 Å². The lowest BCUT2D eigenvalue weighted by molar-refractivity contribution is -0.0733. The van der Waals surface area contributed by atoms with Crippen molar-refractivity contribution >= 4 is 0 Å². The Morgan fingerprint density at radius 1 is 1.26 bits per heavy atom. The lowest BCUT2D eigenvalue weighted by atomic mass is 9.51. The highest BCUT2D eigenvalue weighted by molar-refractivity contribution is 5.41. The van der Waals surface area contributed by atoms with E-state index < -0.39 is 5.60 Å². The maximum atomic E-state index is 11.0. The van der Waals surface area contributed by atoms with Gasteiger partial charge in [0.25, 0.3) is 0 Å². The molecule has 1 unspecified atom stereocenters. The lowest BCUT2D eigenvalue weighted by Crippen LogP contribution is -2.51.